The first kappa shape index (κ1) is 29.9. The van der Waals surface area contributed by atoms with Gasteiger partial charge >= 0.3 is 0 Å². The molecule has 43 heavy (non-hydrogen) atoms. The van der Waals surface area contributed by atoms with Crippen LogP contribution in [-0.2, 0) is 17.8 Å². The summed E-state index contributed by atoms with van der Waals surface area (Å²) in [6.07, 6.45) is 0.813. The Hall–Kier alpha value is -4.57. The van der Waals surface area contributed by atoms with Crippen LogP contribution in [0.4, 0.5) is 0 Å². The molecule has 0 aromatic heterocycles. The average molecular weight is 588 g/mol. The normalized spacial score (nSPS) is 18.9. The highest BCUT2D eigenvalue weighted by Gasteiger charge is 2.38. The van der Waals surface area contributed by atoms with E-state index >= 15 is 0 Å². The average Bonchev–Trinajstić information content (AvgIpc) is 3.39. The number of carbonyl (C=O) groups excluding carboxylic acids is 3. The predicted octanol–water partition coefficient (Wildman–Crippen LogP) is 3.11. The number of nitrogens with one attached hydrogen (secondary N) is 2. The van der Waals surface area contributed by atoms with Gasteiger partial charge in [0.1, 0.15) is 11.9 Å². The summed E-state index contributed by atoms with van der Waals surface area (Å²) < 4.78 is 17.4. The molecular formula is C33H37N3O7. The largest absolute Gasteiger partial charge is 0.493 e. The fourth-order valence-corrected chi connectivity index (χ4v) is 5.08. The second kappa shape index (κ2) is 12.7. The molecule has 10 nitrogen and oxygen atoms in total. The number of aryl methyl sites for hydroxylation is 1. The van der Waals surface area contributed by atoms with E-state index in [1.807, 2.05) is 24.3 Å². The number of aliphatic hydroxyl groups is 1. The van der Waals surface area contributed by atoms with Crippen LogP contribution in [0.25, 0.3) is 0 Å². The molecule has 3 aromatic carbocycles. The molecule has 3 aromatic rings. The summed E-state index contributed by atoms with van der Waals surface area (Å²) >= 11 is 0. The van der Waals surface area contributed by atoms with Crippen molar-refractivity contribution in [1.82, 2.24) is 15.5 Å². The molecule has 3 N–H and O–H groups in total. The lowest BCUT2D eigenvalue weighted by atomic mass is 9.98. The van der Waals surface area contributed by atoms with Crippen LogP contribution in [0, 0.1) is 0 Å². The van der Waals surface area contributed by atoms with Gasteiger partial charge in [0.2, 0.25) is 0 Å². The summed E-state index contributed by atoms with van der Waals surface area (Å²) in [5, 5.41) is 15.9. The first-order valence-electron chi connectivity index (χ1n) is 14.3. The van der Waals surface area contributed by atoms with E-state index in [9.17, 15) is 19.5 Å². The molecule has 6 rings (SSSR count). The number of rotatable bonds is 5. The number of hydrogen-bond donors (Lipinski definition) is 3. The summed E-state index contributed by atoms with van der Waals surface area (Å²) in [5.41, 5.74) is 2.01. The molecule has 3 amide bonds. The van der Waals surface area contributed by atoms with Gasteiger partial charge in [-0.1, -0.05) is 24.3 Å². The number of fused-ring (bicyclic) bond motifs is 7. The molecule has 1 saturated heterocycles. The second-order valence-corrected chi connectivity index (χ2v) is 11.5. The lowest BCUT2D eigenvalue weighted by molar-refractivity contribution is -0.123. The van der Waals surface area contributed by atoms with Gasteiger partial charge in [-0.15, -0.1) is 0 Å². The molecule has 0 saturated carbocycles. The van der Waals surface area contributed by atoms with Crippen molar-refractivity contribution in [1.29, 1.82) is 0 Å². The monoisotopic (exact) mass is 587 g/mol. The minimum atomic E-state index is -0.759. The second-order valence-electron chi connectivity index (χ2n) is 11.5. The van der Waals surface area contributed by atoms with Crippen molar-refractivity contribution in [2.24, 2.45) is 0 Å². The first-order chi connectivity index (χ1) is 20.6. The van der Waals surface area contributed by atoms with E-state index in [4.69, 9.17) is 14.2 Å². The smallest absolute Gasteiger partial charge is 0.258 e. The Kier molecular flexibility index (Phi) is 8.86. The Morgan fingerprint density at radius 1 is 1.05 bits per heavy atom. The minimum Gasteiger partial charge on any atom is -0.493 e. The maximum absolute atomic E-state index is 13.5. The zero-order valence-corrected chi connectivity index (χ0v) is 24.6. The SMILES string of the molecule is COc1ccc2cc1OCC(=O)NCc1ccc(cc1)O[C@H]1CN(C(=O)c3ccc(CCC(C)(C)O)cc3)C[C@@H]1NC2=O. The highest BCUT2D eigenvalue weighted by atomic mass is 16.5. The fourth-order valence-electron chi connectivity index (χ4n) is 5.08. The summed E-state index contributed by atoms with van der Waals surface area (Å²) in [5.74, 6) is 0.394. The van der Waals surface area contributed by atoms with Crippen LogP contribution < -0.4 is 24.8 Å². The third-order valence-corrected chi connectivity index (χ3v) is 7.58. The van der Waals surface area contributed by atoms with Gasteiger partial charge in [0.25, 0.3) is 17.7 Å². The first-order valence-corrected chi connectivity index (χ1v) is 14.3. The Morgan fingerprint density at radius 2 is 1.79 bits per heavy atom. The van der Waals surface area contributed by atoms with Gasteiger partial charge in [-0.2, -0.15) is 0 Å². The van der Waals surface area contributed by atoms with Gasteiger partial charge in [-0.25, -0.2) is 0 Å². The Labute approximate surface area is 250 Å². The standard InChI is InChI=1S/C33H37N3O7/c1-33(2,40)15-14-21-4-8-23(9-5-21)32(39)36-18-26-29(19-36)43-25-11-6-22(7-12-25)17-34-30(37)20-42-28-16-24(31(38)35-26)10-13-27(28)41-3/h4-13,16,26,29,40H,14-15,17-20H2,1-3H3,(H,34,37)(H,35,38)/t26-,29-/m0/s1. The molecule has 1 fully saturated rings. The number of likely N-dealkylation sites (tertiary alicyclic amines) is 1. The zero-order valence-electron chi connectivity index (χ0n) is 24.6. The van der Waals surface area contributed by atoms with Crippen molar-refractivity contribution < 1.29 is 33.7 Å². The van der Waals surface area contributed by atoms with Gasteiger partial charge in [0, 0.05) is 24.2 Å². The molecule has 3 heterocycles. The Balaban J connectivity index is 1.38. The van der Waals surface area contributed by atoms with Crippen LogP contribution >= 0.6 is 0 Å². The molecule has 2 atom stereocenters. The van der Waals surface area contributed by atoms with Crippen molar-refractivity contribution in [3.8, 4) is 17.2 Å². The Bertz CT molecular complexity index is 1470. The van der Waals surface area contributed by atoms with Crippen molar-refractivity contribution in [2.75, 3.05) is 26.8 Å². The number of methoxy groups -OCH3 is 1. The molecule has 0 radical (unpaired) electrons. The van der Waals surface area contributed by atoms with Gasteiger partial charge in [0.05, 0.1) is 25.3 Å². The van der Waals surface area contributed by atoms with Crippen LogP contribution in [0.5, 0.6) is 17.2 Å². The van der Waals surface area contributed by atoms with Gasteiger partial charge < -0.3 is 34.9 Å². The van der Waals surface area contributed by atoms with Crippen LogP contribution in [-0.4, -0.2) is 72.3 Å². The van der Waals surface area contributed by atoms with Gasteiger partial charge in [0.15, 0.2) is 18.1 Å². The van der Waals surface area contributed by atoms with E-state index in [0.29, 0.717) is 42.0 Å². The van der Waals surface area contributed by atoms with Crippen LogP contribution in [0.2, 0.25) is 0 Å². The number of carbonyl (C=O) groups is 3. The van der Waals surface area contributed by atoms with Crippen molar-refractivity contribution in [2.45, 2.75) is 51.0 Å². The molecule has 226 valence electrons. The van der Waals surface area contributed by atoms with Crippen molar-refractivity contribution in [3.05, 3.63) is 89.0 Å². The van der Waals surface area contributed by atoms with E-state index in [0.717, 1.165) is 11.1 Å². The van der Waals surface area contributed by atoms with Crippen LogP contribution in [0.3, 0.4) is 0 Å². The highest BCUT2D eigenvalue weighted by Crippen LogP contribution is 2.29. The predicted molar refractivity (Wildman–Crippen MR) is 159 cm³/mol. The lowest BCUT2D eigenvalue weighted by Crippen LogP contribution is -2.45. The van der Waals surface area contributed by atoms with E-state index in [2.05, 4.69) is 10.6 Å². The third kappa shape index (κ3) is 7.64. The third-order valence-electron chi connectivity index (χ3n) is 7.58. The van der Waals surface area contributed by atoms with E-state index in [1.165, 1.54) is 13.2 Å². The summed E-state index contributed by atoms with van der Waals surface area (Å²) in [6.45, 7) is 4.15. The van der Waals surface area contributed by atoms with Crippen molar-refractivity contribution in [3.63, 3.8) is 0 Å². The van der Waals surface area contributed by atoms with Crippen LogP contribution in [0.1, 0.15) is 52.1 Å². The maximum Gasteiger partial charge on any atom is 0.258 e. The van der Waals surface area contributed by atoms with Crippen LogP contribution in [0.15, 0.2) is 66.7 Å². The summed E-state index contributed by atoms with van der Waals surface area (Å²) in [4.78, 5) is 41.0. The topological polar surface area (TPSA) is 126 Å². The van der Waals surface area contributed by atoms with E-state index < -0.39 is 17.7 Å². The maximum atomic E-state index is 13.5. The molecule has 10 heteroatoms. The van der Waals surface area contributed by atoms with E-state index in [1.54, 1.807) is 55.1 Å². The minimum absolute atomic E-state index is 0.159. The van der Waals surface area contributed by atoms with E-state index in [-0.39, 0.29) is 43.2 Å². The highest BCUT2D eigenvalue weighted by molar-refractivity contribution is 5.96. The molecule has 3 aliphatic rings. The summed E-state index contributed by atoms with van der Waals surface area (Å²) in [7, 11) is 1.48. The number of ether oxygens (including phenoxy) is 3. The summed E-state index contributed by atoms with van der Waals surface area (Å²) in [6, 6.07) is 19.0. The molecule has 0 unspecified atom stereocenters. The number of hydrogen-bond acceptors (Lipinski definition) is 7. The van der Waals surface area contributed by atoms with Crippen molar-refractivity contribution >= 4 is 17.7 Å². The lowest BCUT2D eigenvalue weighted by Gasteiger charge is -2.21. The van der Waals surface area contributed by atoms with Gasteiger partial charge in [-0.05, 0) is 80.3 Å². The molecule has 3 aliphatic heterocycles. The Morgan fingerprint density at radius 3 is 2.49 bits per heavy atom. The molecule has 4 bridgehead atoms. The van der Waals surface area contributed by atoms with Gasteiger partial charge in [-0.3, -0.25) is 14.4 Å². The molecule has 0 aliphatic carbocycles. The fraction of sp³-hybridized carbons (Fsp3) is 0.364. The molecule has 0 spiro atoms. The quantitative estimate of drug-likeness (QED) is 0.419. The number of nitrogens with zero attached hydrogens (tertiary/aromatic N) is 1. The number of benzene rings is 3. The number of amides is 3. The zero-order chi connectivity index (χ0) is 30.6. The molecular weight excluding hydrogens is 550 g/mol.